The maximum Gasteiger partial charge on any atom is 0.272 e. The molecular formula is C22H20B3N7O4. The summed E-state index contributed by atoms with van der Waals surface area (Å²) in [5.41, 5.74) is 0.930. The van der Waals surface area contributed by atoms with Crippen LogP contribution in [-0.4, -0.2) is 68.0 Å². The van der Waals surface area contributed by atoms with Crippen molar-refractivity contribution in [2.45, 2.75) is 24.5 Å². The molecular weight excluding hydrogens is 459 g/mol. The fourth-order valence-corrected chi connectivity index (χ4v) is 3.29. The van der Waals surface area contributed by atoms with E-state index in [1.807, 2.05) is 0 Å². The summed E-state index contributed by atoms with van der Waals surface area (Å²) in [7, 11) is 18.0. The Morgan fingerprint density at radius 2 is 2.03 bits per heavy atom. The Kier molecular flexibility index (Phi) is 7.13. The van der Waals surface area contributed by atoms with Crippen LogP contribution < -0.4 is 20.7 Å². The normalized spacial score (nSPS) is 13.0. The van der Waals surface area contributed by atoms with Crippen molar-refractivity contribution >= 4 is 52.5 Å². The Morgan fingerprint density at radius 3 is 2.69 bits per heavy atom. The molecule has 0 bridgehead atoms. The second-order valence-electron chi connectivity index (χ2n) is 8.16. The highest BCUT2D eigenvalue weighted by molar-refractivity contribution is 6.60. The molecule has 11 nitrogen and oxygen atoms in total. The van der Waals surface area contributed by atoms with E-state index in [2.05, 4.69) is 42.9 Å². The number of hydrogen-bond acceptors (Lipinski definition) is 9. The molecule has 36 heavy (non-hydrogen) atoms. The largest absolute Gasteiger partial charge is 0.494 e. The Labute approximate surface area is 211 Å². The molecule has 1 fully saturated rings. The third kappa shape index (κ3) is 5.94. The van der Waals surface area contributed by atoms with Crippen LogP contribution in [-0.2, 0) is 11.2 Å². The van der Waals surface area contributed by atoms with Crippen molar-refractivity contribution in [3.8, 4) is 17.2 Å². The van der Waals surface area contributed by atoms with Crippen molar-refractivity contribution < 1.29 is 18.8 Å². The van der Waals surface area contributed by atoms with Crippen molar-refractivity contribution in [1.29, 1.82) is 0 Å². The molecule has 3 N–H and O–H groups in total. The number of benzene rings is 1. The molecule has 4 rings (SSSR count). The molecule has 0 atom stereocenters. The number of hydrogen-bond donors (Lipinski definition) is 3. The van der Waals surface area contributed by atoms with Gasteiger partial charge in [-0.2, -0.15) is 4.98 Å². The highest BCUT2D eigenvalue weighted by Gasteiger charge is 2.30. The predicted octanol–water partition coefficient (Wildman–Crippen LogP) is 1.20. The average Bonchev–Trinajstić information content (AvgIpc) is 3.57. The predicted molar refractivity (Wildman–Crippen MR) is 134 cm³/mol. The molecule has 0 unspecified atom stereocenters. The number of allylic oxidation sites excluding steroid dienone is 1. The number of aromatic nitrogens is 4. The van der Waals surface area contributed by atoms with E-state index < -0.39 is 11.1 Å². The number of anilines is 3. The molecule has 1 saturated carbocycles. The monoisotopic (exact) mass is 479 g/mol. The molecule has 176 valence electrons. The summed E-state index contributed by atoms with van der Waals surface area (Å²) in [5.74, 6) is 0.158. The van der Waals surface area contributed by atoms with E-state index in [-0.39, 0.29) is 34.9 Å². The molecule has 6 radical (unpaired) electrons. The summed E-state index contributed by atoms with van der Waals surface area (Å²) in [5, 5.41) is 17.8. The lowest BCUT2D eigenvalue weighted by atomic mass is 9.49. The lowest BCUT2D eigenvalue weighted by Crippen LogP contribution is -2.50. The average molecular weight is 479 g/mol. The van der Waals surface area contributed by atoms with Gasteiger partial charge in [-0.05, 0) is 25.0 Å². The van der Waals surface area contributed by atoms with Crippen LogP contribution in [0.2, 0.25) is 0 Å². The topological polar surface area (TPSA) is 144 Å². The van der Waals surface area contributed by atoms with E-state index in [1.54, 1.807) is 24.3 Å². The first-order chi connectivity index (χ1) is 17.2. The fraction of sp³-hybridized carbons (Fsp3) is 0.273. The van der Waals surface area contributed by atoms with Crippen molar-refractivity contribution in [3.63, 3.8) is 0 Å². The molecule has 0 spiro atoms. The van der Waals surface area contributed by atoms with Gasteiger partial charge in [-0.1, -0.05) is 22.5 Å². The van der Waals surface area contributed by atoms with Crippen LogP contribution in [0.5, 0.6) is 5.75 Å². The van der Waals surface area contributed by atoms with Crippen LogP contribution in [0.25, 0.3) is 11.5 Å². The van der Waals surface area contributed by atoms with Gasteiger partial charge in [0.1, 0.15) is 0 Å². The maximum atomic E-state index is 12.8. The molecule has 1 aromatic carbocycles. The molecule has 3 aromatic rings. The minimum atomic E-state index is -1.99. The minimum absolute atomic E-state index is 0.0596. The Bertz CT molecular complexity index is 1310. The highest BCUT2D eigenvalue weighted by Crippen LogP contribution is 2.38. The van der Waals surface area contributed by atoms with Gasteiger partial charge >= 0.3 is 0 Å². The van der Waals surface area contributed by atoms with Crippen LogP contribution in [0.1, 0.15) is 29.2 Å². The van der Waals surface area contributed by atoms with Crippen molar-refractivity contribution in [3.05, 3.63) is 48.4 Å². The van der Waals surface area contributed by atoms with Gasteiger partial charge in [0, 0.05) is 18.4 Å². The van der Waals surface area contributed by atoms with E-state index in [4.69, 9.17) is 32.8 Å². The van der Waals surface area contributed by atoms with E-state index >= 15 is 0 Å². The first-order valence-corrected chi connectivity index (χ1v) is 10.9. The standard InChI is InChI=1S/C22H20B3N7O4/c1-3-5-15-28-21(36-32-15)12-6-4-7-13(18(12)35-2)26-14-10-16(27-19(33)11-8-9-11)30-31-17(14)20(34)29-22(23,24)25/h3-4,6-7,10-11H,1,5,8-9H2,2H3,(H,29,34)(H2,26,27,30,33). The molecule has 2 aromatic heterocycles. The number of carbonyl (C=O) groups is 2. The number of carbonyl (C=O) groups excluding carboxylic acids is 2. The van der Waals surface area contributed by atoms with Crippen LogP contribution in [0.15, 0.2) is 41.4 Å². The molecule has 0 saturated heterocycles. The van der Waals surface area contributed by atoms with Gasteiger partial charge in [-0.25, -0.2) is 0 Å². The van der Waals surface area contributed by atoms with Crippen molar-refractivity contribution in [2.75, 3.05) is 17.7 Å². The highest BCUT2D eigenvalue weighted by atomic mass is 16.5. The van der Waals surface area contributed by atoms with Gasteiger partial charge < -0.3 is 25.2 Å². The molecule has 1 aliphatic rings. The lowest BCUT2D eigenvalue weighted by molar-refractivity contribution is -0.117. The molecule has 2 amide bonds. The summed E-state index contributed by atoms with van der Waals surface area (Å²) in [4.78, 5) is 29.4. The van der Waals surface area contributed by atoms with Gasteiger partial charge in [0.15, 0.2) is 23.1 Å². The smallest absolute Gasteiger partial charge is 0.272 e. The summed E-state index contributed by atoms with van der Waals surface area (Å²) in [6.45, 7) is 3.67. The Morgan fingerprint density at radius 1 is 1.25 bits per heavy atom. The zero-order chi connectivity index (χ0) is 25.9. The zero-order valence-corrected chi connectivity index (χ0v) is 19.4. The number of nitrogens with one attached hydrogen (secondary N) is 3. The quantitative estimate of drug-likeness (QED) is 0.289. The number of nitrogens with zero attached hydrogens (tertiary/aromatic N) is 4. The van der Waals surface area contributed by atoms with Gasteiger partial charge in [0.25, 0.3) is 11.8 Å². The number of methoxy groups -OCH3 is 1. The van der Waals surface area contributed by atoms with Gasteiger partial charge in [0.2, 0.25) is 5.91 Å². The third-order valence-corrected chi connectivity index (χ3v) is 5.05. The second-order valence-corrected chi connectivity index (χ2v) is 8.16. The van der Waals surface area contributed by atoms with Gasteiger partial charge in [-0.3, -0.25) is 9.59 Å². The van der Waals surface area contributed by atoms with Crippen molar-refractivity contribution in [1.82, 2.24) is 25.7 Å². The van der Waals surface area contributed by atoms with Crippen LogP contribution in [0.4, 0.5) is 17.2 Å². The lowest BCUT2D eigenvalue weighted by Gasteiger charge is -2.23. The SMILES string of the molecule is [B]C([B])([B])NC(=O)c1nnc(NC(=O)C2CC2)cc1Nc1cccc(-c2nc(CC=C)no2)c1OC. The Hall–Kier alpha value is -4.09. The first-order valence-electron chi connectivity index (χ1n) is 10.9. The van der Waals surface area contributed by atoms with Crippen molar-refractivity contribution in [2.24, 2.45) is 5.92 Å². The summed E-state index contributed by atoms with van der Waals surface area (Å²) in [6.07, 6.45) is 3.71. The number of amides is 2. The number of rotatable bonds is 10. The van der Waals surface area contributed by atoms with E-state index in [0.717, 1.165) is 12.8 Å². The van der Waals surface area contributed by atoms with E-state index in [9.17, 15) is 9.59 Å². The summed E-state index contributed by atoms with van der Waals surface area (Å²) < 4.78 is 11.0. The zero-order valence-electron chi connectivity index (χ0n) is 19.4. The molecule has 14 heteroatoms. The fourth-order valence-electron chi connectivity index (χ4n) is 3.29. The summed E-state index contributed by atoms with van der Waals surface area (Å²) >= 11 is 0. The molecule has 0 aliphatic heterocycles. The molecule has 2 heterocycles. The number of para-hydroxylation sites is 1. The maximum absolute atomic E-state index is 12.8. The van der Waals surface area contributed by atoms with E-state index in [0.29, 0.717) is 29.2 Å². The second kappa shape index (κ2) is 10.3. The number of ether oxygens (including phenoxy) is 1. The summed E-state index contributed by atoms with van der Waals surface area (Å²) in [6, 6.07) is 6.62. The third-order valence-electron chi connectivity index (χ3n) is 5.05. The van der Waals surface area contributed by atoms with Gasteiger partial charge in [0.05, 0.1) is 47.6 Å². The van der Waals surface area contributed by atoms with Crippen LogP contribution in [0.3, 0.4) is 0 Å². The Balaban J connectivity index is 1.71. The minimum Gasteiger partial charge on any atom is -0.494 e. The van der Waals surface area contributed by atoms with E-state index in [1.165, 1.54) is 13.2 Å². The van der Waals surface area contributed by atoms with Crippen LogP contribution >= 0.6 is 0 Å². The molecule has 1 aliphatic carbocycles. The van der Waals surface area contributed by atoms with Crippen LogP contribution in [0, 0.1) is 5.92 Å². The van der Waals surface area contributed by atoms with Gasteiger partial charge in [-0.15, -0.1) is 16.8 Å². The first kappa shape index (κ1) is 25.0.